The average Bonchev–Trinajstić information content (AvgIpc) is 2.21. The molecule has 0 fully saturated rings. The molecule has 0 aliphatic carbocycles. The van der Waals surface area contributed by atoms with Gasteiger partial charge in [-0.15, -0.1) is 0 Å². The molecule has 2 unspecified atom stereocenters. The van der Waals surface area contributed by atoms with E-state index in [4.69, 9.17) is 0 Å². The van der Waals surface area contributed by atoms with Crippen molar-refractivity contribution >= 4 is 0 Å². The third-order valence-corrected chi connectivity index (χ3v) is 3.72. The molecule has 2 atom stereocenters. The van der Waals surface area contributed by atoms with Crippen LogP contribution in [0.25, 0.3) is 0 Å². The molecule has 0 radical (unpaired) electrons. The molecular formula is C16H27N. The maximum absolute atomic E-state index is 3.60. The summed E-state index contributed by atoms with van der Waals surface area (Å²) >= 11 is 0. The van der Waals surface area contributed by atoms with E-state index in [1.165, 1.54) is 22.3 Å². The molecule has 0 amide bonds. The topological polar surface area (TPSA) is 12.0 Å². The zero-order chi connectivity index (χ0) is 13.2. The molecule has 0 spiro atoms. The highest BCUT2D eigenvalue weighted by Crippen LogP contribution is 2.25. The Hall–Kier alpha value is -0.820. The Kier molecular flexibility index (Phi) is 4.76. The summed E-state index contributed by atoms with van der Waals surface area (Å²) in [6.45, 7) is 15.6. The van der Waals surface area contributed by atoms with Crippen LogP contribution < -0.4 is 5.32 Å². The first kappa shape index (κ1) is 14.2. The molecule has 0 aliphatic heterocycles. The Morgan fingerprint density at radius 3 is 1.88 bits per heavy atom. The highest BCUT2D eigenvalue weighted by molar-refractivity contribution is 5.38. The van der Waals surface area contributed by atoms with Crippen molar-refractivity contribution in [2.24, 2.45) is 0 Å². The van der Waals surface area contributed by atoms with Crippen LogP contribution in [0.1, 0.15) is 55.9 Å². The van der Waals surface area contributed by atoms with Crippen molar-refractivity contribution in [1.82, 2.24) is 5.32 Å². The van der Waals surface area contributed by atoms with E-state index in [1.54, 1.807) is 0 Å². The van der Waals surface area contributed by atoms with E-state index in [1.807, 2.05) is 0 Å². The number of nitrogens with one attached hydrogen (secondary N) is 1. The van der Waals surface area contributed by atoms with Gasteiger partial charge in [-0.05, 0) is 55.9 Å². The summed E-state index contributed by atoms with van der Waals surface area (Å²) < 4.78 is 0. The number of aryl methyl sites for hydroxylation is 3. The molecule has 17 heavy (non-hydrogen) atoms. The third kappa shape index (κ3) is 3.57. The second-order valence-electron chi connectivity index (χ2n) is 5.69. The Bertz CT molecular complexity index is 379. The van der Waals surface area contributed by atoms with Crippen LogP contribution in [0.3, 0.4) is 0 Å². The van der Waals surface area contributed by atoms with Crippen molar-refractivity contribution in [2.75, 3.05) is 0 Å². The summed E-state index contributed by atoms with van der Waals surface area (Å²) in [4.78, 5) is 0. The Labute approximate surface area is 107 Å². The van der Waals surface area contributed by atoms with Gasteiger partial charge in [0.2, 0.25) is 0 Å². The molecule has 0 saturated carbocycles. The first-order valence-corrected chi connectivity index (χ1v) is 6.66. The lowest BCUT2D eigenvalue weighted by Crippen LogP contribution is -2.36. The average molecular weight is 233 g/mol. The van der Waals surface area contributed by atoms with Gasteiger partial charge < -0.3 is 5.32 Å². The van der Waals surface area contributed by atoms with Crippen LogP contribution in [0.15, 0.2) is 12.1 Å². The fraction of sp³-hybridized carbons (Fsp3) is 0.625. The van der Waals surface area contributed by atoms with Crippen molar-refractivity contribution in [2.45, 2.75) is 66.5 Å². The van der Waals surface area contributed by atoms with Crippen LogP contribution in [0.4, 0.5) is 0 Å². The molecule has 1 heteroatoms. The molecule has 0 heterocycles. The normalized spacial score (nSPS) is 15.1. The van der Waals surface area contributed by atoms with Crippen LogP contribution in [-0.2, 0) is 0 Å². The Morgan fingerprint density at radius 2 is 1.35 bits per heavy atom. The quantitative estimate of drug-likeness (QED) is 0.825. The lowest BCUT2D eigenvalue weighted by molar-refractivity contribution is 0.438. The zero-order valence-electron chi connectivity index (χ0n) is 12.4. The summed E-state index contributed by atoms with van der Waals surface area (Å²) in [5.74, 6) is 0.552. The van der Waals surface area contributed by atoms with E-state index in [9.17, 15) is 0 Å². The van der Waals surface area contributed by atoms with Gasteiger partial charge in [-0.3, -0.25) is 0 Å². The van der Waals surface area contributed by atoms with E-state index in [0.717, 1.165) is 0 Å². The SMILES string of the molecule is Cc1cc(C)c(C(C)C(C)NC(C)C)cc1C. The fourth-order valence-electron chi connectivity index (χ4n) is 2.41. The lowest BCUT2D eigenvalue weighted by Gasteiger charge is -2.26. The Morgan fingerprint density at radius 1 is 0.824 bits per heavy atom. The van der Waals surface area contributed by atoms with E-state index in [0.29, 0.717) is 18.0 Å². The molecule has 1 rings (SSSR count). The second-order valence-corrected chi connectivity index (χ2v) is 5.69. The molecule has 1 aromatic carbocycles. The number of hydrogen-bond acceptors (Lipinski definition) is 1. The van der Waals surface area contributed by atoms with E-state index < -0.39 is 0 Å². The standard InChI is InChI=1S/C16H27N/c1-10(2)17-15(7)14(6)16-9-12(4)11(3)8-13(16)5/h8-10,14-15,17H,1-7H3. The molecule has 0 aliphatic rings. The molecule has 96 valence electrons. The number of hydrogen-bond donors (Lipinski definition) is 1. The van der Waals surface area contributed by atoms with Gasteiger partial charge in [-0.1, -0.05) is 32.9 Å². The highest BCUT2D eigenvalue weighted by atomic mass is 14.9. The first-order valence-electron chi connectivity index (χ1n) is 6.66. The molecule has 0 aromatic heterocycles. The maximum atomic E-state index is 3.60. The minimum Gasteiger partial charge on any atom is -0.311 e. The maximum Gasteiger partial charge on any atom is 0.0107 e. The Balaban J connectivity index is 2.95. The van der Waals surface area contributed by atoms with Gasteiger partial charge >= 0.3 is 0 Å². The molecule has 1 aromatic rings. The van der Waals surface area contributed by atoms with Crippen molar-refractivity contribution in [3.8, 4) is 0 Å². The monoisotopic (exact) mass is 233 g/mol. The predicted octanol–water partition coefficient (Wildman–Crippen LogP) is 4.10. The zero-order valence-corrected chi connectivity index (χ0v) is 12.4. The van der Waals surface area contributed by atoms with Crippen molar-refractivity contribution < 1.29 is 0 Å². The van der Waals surface area contributed by atoms with E-state index in [2.05, 4.69) is 65.9 Å². The van der Waals surface area contributed by atoms with Gasteiger partial charge in [-0.2, -0.15) is 0 Å². The summed E-state index contributed by atoms with van der Waals surface area (Å²) in [5.41, 5.74) is 5.68. The smallest absolute Gasteiger partial charge is 0.0107 e. The minimum absolute atomic E-state index is 0.510. The largest absolute Gasteiger partial charge is 0.311 e. The van der Waals surface area contributed by atoms with Gasteiger partial charge in [0.25, 0.3) is 0 Å². The van der Waals surface area contributed by atoms with Crippen LogP contribution in [-0.4, -0.2) is 12.1 Å². The molecule has 0 bridgehead atoms. The van der Waals surface area contributed by atoms with Crippen molar-refractivity contribution in [1.29, 1.82) is 0 Å². The van der Waals surface area contributed by atoms with Gasteiger partial charge in [0.1, 0.15) is 0 Å². The summed E-state index contributed by atoms with van der Waals surface area (Å²) in [5, 5.41) is 3.60. The van der Waals surface area contributed by atoms with Gasteiger partial charge in [0, 0.05) is 12.1 Å². The lowest BCUT2D eigenvalue weighted by atomic mass is 9.88. The minimum atomic E-state index is 0.510. The summed E-state index contributed by atoms with van der Waals surface area (Å²) in [7, 11) is 0. The molecule has 1 N–H and O–H groups in total. The predicted molar refractivity (Wildman–Crippen MR) is 76.8 cm³/mol. The number of rotatable bonds is 4. The van der Waals surface area contributed by atoms with Gasteiger partial charge in [0.15, 0.2) is 0 Å². The highest BCUT2D eigenvalue weighted by Gasteiger charge is 2.17. The third-order valence-electron chi connectivity index (χ3n) is 3.72. The number of benzene rings is 1. The van der Waals surface area contributed by atoms with Crippen LogP contribution in [0, 0.1) is 20.8 Å². The van der Waals surface area contributed by atoms with Crippen molar-refractivity contribution in [3.63, 3.8) is 0 Å². The summed E-state index contributed by atoms with van der Waals surface area (Å²) in [6, 6.07) is 5.71. The van der Waals surface area contributed by atoms with Crippen molar-refractivity contribution in [3.05, 3.63) is 34.4 Å². The van der Waals surface area contributed by atoms with E-state index >= 15 is 0 Å². The molecule has 1 nitrogen and oxygen atoms in total. The van der Waals surface area contributed by atoms with Crippen LogP contribution in [0.2, 0.25) is 0 Å². The van der Waals surface area contributed by atoms with Crippen LogP contribution in [0.5, 0.6) is 0 Å². The van der Waals surface area contributed by atoms with E-state index in [-0.39, 0.29) is 0 Å². The fourth-order valence-corrected chi connectivity index (χ4v) is 2.41. The molecule has 0 saturated heterocycles. The summed E-state index contributed by atoms with van der Waals surface area (Å²) in [6.07, 6.45) is 0. The first-order chi connectivity index (χ1) is 7.82. The second kappa shape index (κ2) is 5.68. The molecular weight excluding hydrogens is 206 g/mol. The van der Waals surface area contributed by atoms with Crippen LogP contribution >= 0.6 is 0 Å². The van der Waals surface area contributed by atoms with Gasteiger partial charge in [-0.25, -0.2) is 0 Å². The van der Waals surface area contributed by atoms with Gasteiger partial charge in [0.05, 0.1) is 0 Å².